The van der Waals surface area contributed by atoms with Gasteiger partial charge in [0.1, 0.15) is 10.3 Å². The van der Waals surface area contributed by atoms with Crippen LogP contribution >= 0.6 is 11.3 Å². The molecule has 1 aliphatic rings. The normalized spacial score (nSPS) is 16.6. The van der Waals surface area contributed by atoms with E-state index in [1.54, 1.807) is 17.5 Å². The molecule has 0 spiro atoms. The highest BCUT2D eigenvalue weighted by Crippen LogP contribution is 2.31. The number of carbonyl (C=O) groups excluding carboxylic acids is 1. The highest BCUT2D eigenvalue weighted by molar-refractivity contribution is 7.21. The Hall–Kier alpha value is -2.67. The van der Waals surface area contributed by atoms with Gasteiger partial charge in [-0.1, -0.05) is 11.3 Å². The molecule has 0 aliphatic carbocycles. The molecule has 1 amide bonds. The first-order valence-electron chi connectivity index (χ1n) is 10.7. The quantitative estimate of drug-likeness (QED) is 0.623. The lowest BCUT2D eigenvalue weighted by atomic mass is 9.97. The topological polar surface area (TPSA) is 61.4 Å². The molecule has 1 fully saturated rings. The smallest absolute Gasteiger partial charge is 0.229 e. The number of carbonyl (C=O) groups is 1. The maximum Gasteiger partial charge on any atom is 0.229 e. The fraction of sp³-hybridized carbons (Fsp3) is 0.435. The van der Waals surface area contributed by atoms with Gasteiger partial charge in [-0.05, 0) is 69.5 Å². The monoisotopic (exact) mass is 423 g/mol. The standard InChI is InChI=1S/C23H29N5OS/c1-4-27(5-2)18-10-11-19(16(3)14-18)25-21(29)17-8-7-13-28(15-17)23-26-20-9-6-12-24-22(20)30-23/h6,9-12,14,17H,4-5,7-8,13,15H2,1-3H3,(H,25,29)/t17-/m1/s1. The van der Waals surface area contributed by atoms with E-state index in [-0.39, 0.29) is 11.8 Å². The molecule has 1 aliphatic heterocycles. The van der Waals surface area contributed by atoms with Crippen molar-refractivity contribution in [2.75, 3.05) is 41.3 Å². The summed E-state index contributed by atoms with van der Waals surface area (Å²) in [5, 5.41) is 4.13. The van der Waals surface area contributed by atoms with Crippen LogP contribution in [0.15, 0.2) is 36.5 Å². The lowest BCUT2D eigenvalue weighted by Gasteiger charge is -2.31. The van der Waals surface area contributed by atoms with Crippen molar-refractivity contribution in [1.82, 2.24) is 9.97 Å². The predicted molar refractivity (Wildman–Crippen MR) is 126 cm³/mol. The number of rotatable bonds is 6. The van der Waals surface area contributed by atoms with Gasteiger partial charge in [0.05, 0.1) is 5.92 Å². The van der Waals surface area contributed by atoms with Crippen molar-refractivity contribution in [3.05, 3.63) is 42.1 Å². The molecule has 0 radical (unpaired) electrons. The zero-order valence-corrected chi connectivity index (χ0v) is 18.7. The summed E-state index contributed by atoms with van der Waals surface area (Å²) in [5.41, 5.74) is 4.12. The zero-order valence-electron chi connectivity index (χ0n) is 17.9. The van der Waals surface area contributed by atoms with Crippen LogP contribution in [-0.4, -0.2) is 42.1 Å². The summed E-state index contributed by atoms with van der Waals surface area (Å²) in [6, 6.07) is 10.2. The van der Waals surface area contributed by atoms with Crippen LogP contribution in [0.2, 0.25) is 0 Å². The fourth-order valence-corrected chi connectivity index (χ4v) is 5.01. The SMILES string of the molecule is CCN(CC)c1ccc(NC(=O)[C@@H]2CCCN(c3nc4cccnc4s3)C2)c(C)c1. The van der Waals surface area contributed by atoms with Gasteiger partial charge in [0, 0.05) is 43.8 Å². The van der Waals surface area contributed by atoms with Crippen molar-refractivity contribution in [2.45, 2.75) is 33.6 Å². The van der Waals surface area contributed by atoms with E-state index in [1.807, 2.05) is 18.2 Å². The van der Waals surface area contributed by atoms with Crippen LogP contribution in [0.3, 0.4) is 0 Å². The number of amides is 1. The largest absolute Gasteiger partial charge is 0.372 e. The molecule has 3 aromatic rings. The average Bonchev–Trinajstić information content (AvgIpc) is 3.21. The summed E-state index contributed by atoms with van der Waals surface area (Å²) in [5.74, 6) is 0.0539. The summed E-state index contributed by atoms with van der Waals surface area (Å²) in [6.45, 7) is 9.95. The second kappa shape index (κ2) is 9.00. The maximum absolute atomic E-state index is 13.0. The van der Waals surface area contributed by atoms with Gasteiger partial charge >= 0.3 is 0 Å². The molecule has 4 rings (SSSR count). The van der Waals surface area contributed by atoms with Gasteiger partial charge in [0.15, 0.2) is 5.13 Å². The second-order valence-corrected chi connectivity index (χ2v) is 8.73. The fourth-order valence-electron chi connectivity index (χ4n) is 4.07. The second-order valence-electron chi connectivity index (χ2n) is 7.77. The van der Waals surface area contributed by atoms with Gasteiger partial charge < -0.3 is 15.1 Å². The Bertz CT molecular complexity index is 996. The molecule has 1 aromatic carbocycles. The first-order valence-corrected chi connectivity index (χ1v) is 11.5. The predicted octanol–water partition coefficient (Wildman–Crippen LogP) is 4.70. The molecule has 7 heteroatoms. The Balaban J connectivity index is 1.44. The number of nitrogens with one attached hydrogen (secondary N) is 1. The van der Waals surface area contributed by atoms with Crippen molar-refractivity contribution < 1.29 is 4.79 Å². The van der Waals surface area contributed by atoms with E-state index in [9.17, 15) is 4.79 Å². The summed E-state index contributed by atoms with van der Waals surface area (Å²) >= 11 is 1.60. The van der Waals surface area contributed by atoms with Crippen LogP contribution < -0.4 is 15.1 Å². The molecule has 0 saturated carbocycles. The van der Waals surface area contributed by atoms with Crippen molar-refractivity contribution in [3.63, 3.8) is 0 Å². The average molecular weight is 424 g/mol. The molecule has 30 heavy (non-hydrogen) atoms. The van der Waals surface area contributed by atoms with E-state index in [1.165, 1.54) is 5.69 Å². The molecule has 1 atom stereocenters. The van der Waals surface area contributed by atoms with Crippen LogP contribution in [0.1, 0.15) is 32.3 Å². The number of piperidine rings is 1. The van der Waals surface area contributed by atoms with Gasteiger partial charge in [0.2, 0.25) is 5.91 Å². The summed E-state index contributed by atoms with van der Waals surface area (Å²) < 4.78 is 0. The number of aromatic nitrogens is 2. The molecular formula is C23H29N5OS. The molecular weight excluding hydrogens is 394 g/mol. The lowest BCUT2D eigenvalue weighted by molar-refractivity contribution is -0.120. The molecule has 3 heterocycles. The van der Waals surface area contributed by atoms with Crippen LogP contribution in [-0.2, 0) is 4.79 Å². The molecule has 1 saturated heterocycles. The van der Waals surface area contributed by atoms with Crippen LogP contribution in [0.25, 0.3) is 10.3 Å². The molecule has 2 aromatic heterocycles. The van der Waals surface area contributed by atoms with Gasteiger partial charge in [-0.2, -0.15) is 0 Å². The molecule has 158 valence electrons. The number of thiazole rings is 1. The first kappa shape index (κ1) is 20.6. The van der Waals surface area contributed by atoms with Gasteiger partial charge in [-0.15, -0.1) is 0 Å². The summed E-state index contributed by atoms with van der Waals surface area (Å²) in [7, 11) is 0. The van der Waals surface area contributed by atoms with Crippen LogP contribution in [0, 0.1) is 12.8 Å². The molecule has 6 nitrogen and oxygen atoms in total. The van der Waals surface area contributed by atoms with Gasteiger partial charge in [0.25, 0.3) is 0 Å². The Morgan fingerprint density at radius 1 is 1.30 bits per heavy atom. The van der Waals surface area contributed by atoms with E-state index in [4.69, 9.17) is 4.98 Å². The van der Waals surface area contributed by atoms with Crippen molar-refractivity contribution in [1.29, 1.82) is 0 Å². The number of nitrogens with zero attached hydrogens (tertiary/aromatic N) is 4. The highest BCUT2D eigenvalue weighted by Gasteiger charge is 2.28. The Morgan fingerprint density at radius 3 is 2.87 bits per heavy atom. The van der Waals surface area contributed by atoms with Crippen molar-refractivity contribution in [3.8, 4) is 0 Å². The lowest BCUT2D eigenvalue weighted by Crippen LogP contribution is -2.40. The van der Waals surface area contributed by atoms with Gasteiger partial charge in [-0.3, -0.25) is 4.79 Å². The van der Waals surface area contributed by atoms with E-state index in [2.05, 4.69) is 53.0 Å². The van der Waals surface area contributed by atoms with Gasteiger partial charge in [-0.25, -0.2) is 9.97 Å². The number of anilines is 3. The third-order valence-corrected chi connectivity index (χ3v) is 6.85. The third-order valence-electron chi connectivity index (χ3n) is 5.81. The van der Waals surface area contributed by atoms with Crippen molar-refractivity contribution in [2.24, 2.45) is 5.92 Å². The zero-order chi connectivity index (χ0) is 21.1. The number of benzene rings is 1. The number of aryl methyl sites for hydroxylation is 1. The number of pyridine rings is 1. The molecule has 1 N–H and O–H groups in total. The Labute approximate surface area is 181 Å². The van der Waals surface area contributed by atoms with E-state index >= 15 is 0 Å². The number of hydrogen-bond acceptors (Lipinski definition) is 6. The highest BCUT2D eigenvalue weighted by atomic mass is 32.1. The summed E-state index contributed by atoms with van der Waals surface area (Å²) in [6.07, 6.45) is 3.69. The van der Waals surface area contributed by atoms with E-state index < -0.39 is 0 Å². The molecule has 0 bridgehead atoms. The third kappa shape index (κ3) is 4.26. The van der Waals surface area contributed by atoms with Crippen LogP contribution in [0.5, 0.6) is 0 Å². The Kier molecular flexibility index (Phi) is 6.18. The molecule has 0 unspecified atom stereocenters. The minimum Gasteiger partial charge on any atom is -0.372 e. The number of fused-ring (bicyclic) bond motifs is 1. The van der Waals surface area contributed by atoms with E-state index in [0.29, 0.717) is 6.54 Å². The first-order chi connectivity index (χ1) is 14.6. The number of hydrogen-bond donors (Lipinski definition) is 1. The Morgan fingerprint density at radius 2 is 2.13 bits per heavy atom. The minimum absolute atomic E-state index is 0.0411. The van der Waals surface area contributed by atoms with Crippen molar-refractivity contribution >= 4 is 44.1 Å². The summed E-state index contributed by atoms with van der Waals surface area (Å²) in [4.78, 5) is 27.6. The maximum atomic E-state index is 13.0. The van der Waals surface area contributed by atoms with Crippen LogP contribution in [0.4, 0.5) is 16.5 Å². The van der Waals surface area contributed by atoms with E-state index in [0.717, 1.165) is 59.2 Å². The minimum atomic E-state index is -0.0411.